The highest BCUT2D eigenvalue weighted by Gasteiger charge is 2.58. The molecule has 1 aliphatic carbocycles. The number of hydrogen-bond donors (Lipinski definition) is 1. The second-order valence-electron chi connectivity index (χ2n) is 5.37. The minimum Gasteiger partial charge on any atom is -0.493 e. The number of rotatable bonds is 3. The fraction of sp³-hybridized carbons (Fsp3) is 0.467. The molecule has 0 bridgehead atoms. The zero-order valence-electron chi connectivity index (χ0n) is 11.8. The van der Waals surface area contributed by atoms with Gasteiger partial charge in [0, 0.05) is 5.56 Å². The molecule has 0 aromatic heterocycles. The molecule has 21 heavy (non-hydrogen) atoms. The summed E-state index contributed by atoms with van der Waals surface area (Å²) >= 11 is 0. The fourth-order valence-corrected chi connectivity index (χ4v) is 3.15. The highest BCUT2D eigenvalue weighted by molar-refractivity contribution is 6.07. The molecule has 0 amide bonds. The molecule has 2 atom stereocenters. The number of aliphatic hydroxyl groups excluding tert-OH is 1. The largest absolute Gasteiger partial charge is 0.493 e. The highest BCUT2D eigenvalue weighted by Crippen LogP contribution is 2.46. The van der Waals surface area contributed by atoms with Gasteiger partial charge in [0.05, 0.1) is 26.7 Å². The van der Waals surface area contributed by atoms with Crippen molar-refractivity contribution in [3.63, 3.8) is 0 Å². The van der Waals surface area contributed by atoms with Crippen LogP contribution in [0.15, 0.2) is 12.1 Å². The van der Waals surface area contributed by atoms with Crippen LogP contribution in [0.2, 0.25) is 0 Å². The zero-order valence-corrected chi connectivity index (χ0v) is 11.8. The molecule has 0 saturated carbocycles. The summed E-state index contributed by atoms with van der Waals surface area (Å²) in [6.45, 7) is -0.477. The summed E-state index contributed by atoms with van der Waals surface area (Å²) in [5, 5.41) is 9.68. The SMILES string of the molecule is COc1cc2c(cc1OC)C(=O)[C@@]1(CO)COC(=O)[C@H]1C2. The second kappa shape index (κ2) is 4.73. The van der Waals surface area contributed by atoms with Gasteiger partial charge < -0.3 is 19.3 Å². The fourth-order valence-electron chi connectivity index (χ4n) is 3.15. The molecule has 1 N–H and O–H groups in total. The molecule has 1 aliphatic heterocycles. The van der Waals surface area contributed by atoms with Crippen molar-refractivity contribution in [2.45, 2.75) is 6.42 Å². The van der Waals surface area contributed by atoms with Crippen molar-refractivity contribution < 1.29 is 28.9 Å². The lowest BCUT2D eigenvalue weighted by atomic mass is 9.65. The summed E-state index contributed by atoms with van der Waals surface area (Å²) in [6.07, 6.45) is 0.348. The number of benzene rings is 1. The second-order valence-corrected chi connectivity index (χ2v) is 5.37. The van der Waals surface area contributed by atoms with E-state index in [0.717, 1.165) is 0 Å². The molecular formula is C15H16O6. The van der Waals surface area contributed by atoms with E-state index < -0.39 is 23.9 Å². The molecule has 0 unspecified atom stereocenters. The van der Waals surface area contributed by atoms with E-state index in [4.69, 9.17) is 14.2 Å². The highest BCUT2D eigenvalue weighted by atomic mass is 16.5. The molecule has 6 nitrogen and oxygen atoms in total. The van der Waals surface area contributed by atoms with E-state index >= 15 is 0 Å². The number of cyclic esters (lactones) is 1. The lowest BCUT2D eigenvalue weighted by molar-refractivity contribution is -0.141. The summed E-state index contributed by atoms with van der Waals surface area (Å²) in [5.41, 5.74) is 0.00534. The smallest absolute Gasteiger partial charge is 0.310 e. The standard InChI is InChI=1S/C15H16O6/c1-19-11-4-8-3-10-14(18)21-7-15(10,6-16)13(17)9(8)5-12(11)20-2/h4-5,10,16H,3,6-7H2,1-2H3/t10-,15+/m1/s1. The van der Waals surface area contributed by atoms with Crippen molar-refractivity contribution in [2.75, 3.05) is 27.4 Å². The van der Waals surface area contributed by atoms with E-state index in [1.54, 1.807) is 12.1 Å². The van der Waals surface area contributed by atoms with Gasteiger partial charge in [0.15, 0.2) is 17.3 Å². The van der Waals surface area contributed by atoms with E-state index in [1.807, 2.05) is 0 Å². The van der Waals surface area contributed by atoms with Crippen LogP contribution in [-0.4, -0.2) is 44.3 Å². The van der Waals surface area contributed by atoms with E-state index in [2.05, 4.69) is 0 Å². The average molecular weight is 292 g/mol. The van der Waals surface area contributed by atoms with Crippen LogP contribution in [-0.2, 0) is 16.0 Å². The van der Waals surface area contributed by atoms with Crippen LogP contribution in [0.5, 0.6) is 11.5 Å². The van der Waals surface area contributed by atoms with Gasteiger partial charge in [-0.3, -0.25) is 9.59 Å². The molecule has 3 rings (SSSR count). The van der Waals surface area contributed by atoms with E-state index in [1.165, 1.54) is 14.2 Å². The molecule has 112 valence electrons. The third-order valence-corrected chi connectivity index (χ3v) is 4.44. The molecule has 1 heterocycles. The van der Waals surface area contributed by atoms with Gasteiger partial charge in [-0.15, -0.1) is 0 Å². The number of carbonyl (C=O) groups excluding carboxylic acids is 2. The third-order valence-electron chi connectivity index (χ3n) is 4.44. The molecule has 1 aromatic rings. The minimum absolute atomic E-state index is 0.0698. The van der Waals surface area contributed by atoms with Crippen molar-refractivity contribution >= 4 is 11.8 Å². The molecule has 2 aliphatic rings. The first-order chi connectivity index (χ1) is 10.1. The van der Waals surface area contributed by atoms with Crippen LogP contribution < -0.4 is 9.47 Å². The van der Waals surface area contributed by atoms with Crippen molar-refractivity contribution in [3.8, 4) is 11.5 Å². The maximum atomic E-state index is 12.8. The zero-order chi connectivity index (χ0) is 15.2. The molecule has 6 heteroatoms. The predicted molar refractivity (Wildman–Crippen MR) is 71.5 cm³/mol. The van der Waals surface area contributed by atoms with Crippen molar-refractivity contribution in [1.29, 1.82) is 0 Å². The summed E-state index contributed by atoms with van der Waals surface area (Å²) in [5.74, 6) is -0.394. The Bertz CT molecular complexity index is 623. The summed E-state index contributed by atoms with van der Waals surface area (Å²) in [6, 6.07) is 3.31. The predicted octanol–water partition coefficient (Wildman–Crippen LogP) is 0.594. The Balaban J connectivity index is 2.16. The van der Waals surface area contributed by atoms with Crippen molar-refractivity contribution in [2.24, 2.45) is 11.3 Å². The Morgan fingerprint density at radius 2 is 1.95 bits per heavy atom. The van der Waals surface area contributed by atoms with E-state index in [9.17, 15) is 14.7 Å². The maximum Gasteiger partial charge on any atom is 0.310 e. The van der Waals surface area contributed by atoms with Crippen LogP contribution in [0.4, 0.5) is 0 Å². The van der Waals surface area contributed by atoms with Crippen LogP contribution in [0.1, 0.15) is 15.9 Å². The maximum absolute atomic E-state index is 12.8. The number of Topliss-reactive ketones (excluding diaryl/α,β-unsaturated/α-hetero) is 1. The Kier molecular flexibility index (Phi) is 3.13. The van der Waals surface area contributed by atoms with Crippen LogP contribution in [0, 0.1) is 11.3 Å². The molecule has 0 spiro atoms. The van der Waals surface area contributed by atoms with Gasteiger partial charge in [0.2, 0.25) is 0 Å². The quantitative estimate of drug-likeness (QED) is 0.821. The van der Waals surface area contributed by atoms with Gasteiger partial charge in [0.25, 0.3) is 0 Å². The number of carbonyl (C=O) groups is 2. The number of methoxy groups -OCH3 is 2. The average Bonchev–Trinajstić information content (AvgIpc) is 2.84. The number of fused-ring (bicyclic) bond motifs is 2. The van der Waals surface area contributed by atoms with Gasteiger partial charge in [-0.1, -0.05) is 0 Å². The summed E-state index contributed by atoms with van der Waals surface area (Å²) in [7, 11) is 3.00. The minimum atomic E-state index is -1.16. The van der Waals surface area contributed by atoms with Crippen molar-refractivity contribution in [3.05, 3.63) is 23.3 Å². The Morgan fingerprint density at radius 3 is 2.57 bits per heavy atom. The van der Waals surface area contributed by atoms with E-state index in [0.29, 0.717) is 29.0 Å². The molecule has 1 aromatic carbocycles. The Morgan fingerprint density at radius 1 is 1.29 bits per heavy atom. The van der Waals surface area contributed by atoms with Crippen LogP contribution >= 0.6 is 0 Å². The first-order valence-corrected chi connectivity index (χ1v) is 6.64. The number of hydrogen-bond acceptors (Lipinski definition) is 6. The molecule has 1 saturated heterocycles. The lowest BCUT2D eigenvalue weighted by Gasteiger charge is -2.34. The first-order valence-electron chi connectivity index (χ1n) is 6.64. The number of ether oxygens (including phenoxy) is 3. The molecule has 1 fully saturated rings. The topological polar surface area (TPSA) is 82.1 Å². The summed E-state index contributed by atoms with van der Waals surface area (Å²) in [4.78, 5) is 24.6. The monoisotopic (exact) mass is 292 g/mol. The van der Waals surface area contributed by atoms with Crippen LogP contribution in [0.25, 0.3) is 0 Å². The number of ketones is 1. The van der Waals surface area contributed by atoms with Gasteiger partial charge in [-0.05, 0) is 24.1 Å². The van der Waals surface area contributed by atoms with Crippen molar-refractivity contribution in [1.82, 2.24) is 0 Å². The molecular weight excluding hydrogens is 276 g/mol. The van der Waals surface area contributed by atoms with Gasteiger partial charge in [0.1, 0.15) is 12.0 Å². The molecule has 0 radical (unpaired) electrons. The number of esters is 1. The van der Waals surface area contributed by atoms with Gasteiger partial charge in [-0.25, -0.2) is 0 Å². The first kappa shape index (κ1) is 13.9. The van der Waals surface area contributed by atoms with Gasteiger partial charge >= 0.3 is 5.97 Å². The Hall–Kier alpha value is -2.08. The Labute approximate surface area is 121 Å². The van der Waals surface area contributed by atoms with Crippen LogP contribution in [0.3, 0.4) is 0 Å². The normalized spacial score (nSPS) is 26.9. The third kappa shape index (κ3) is 1.75. The number of aliphatic hydroxyl groups is 1. The van der Waals surface area contributed by atoms with Gasteiger partial charge in [-0.2, -0.15) is 0 Å². The lowest BCUT2D eigenvalue weighted by Crippen LogP contribution is -2.46. The van der Waals surface area contributed by atoms with E-state index in [-0.39, 0.29) is 12.4 Å². The summed E-state index contributed by atoms with van der Waals surface area (Å²) < 4.78 is 15.5.